The predicted octanol–water partition coefficient (Wildman–Crippen LogP) is 2.99. The average molecular weight is 273 g/mol. The molecule has 3 nitrogen and oxygen atoms in total. The number of nitrogens with zero attached hydrogens (tertiary/aromatic N) is 2. The second kappa shape index (κ2) is 5.72. The van der Waals surface area contributed by atoms with E-state index >= 15 is 0 Å². The zero-order chi connectivity index (χ0) is 14.1. The van der Waals surface area contributed by atoms with Crippen LogP contribution in [-0.4, -0.2) is 24.1 Å². The molecule has 20 heavy (non-hydrogen) atoms. The molecule has 3 heteroatoms. The van der Waals surface area contributed by atoms with Crippen molar-refractivity contribution in [2.24, 2.45) is 11.8 Å². The molecule has 2 fully saturated rings. The second-order valence-corrected chi connectivity index (χ2v) is 6.69. The smallest absolute Gasteiger partial charge is 0.129 e. The van der Waals surface area contributed by atoms with Crippen LogP contribution >= 0.6 is 0 Å². The Bertz CT molecular complexity index is 457. The summed E-state index contributed by atoms with van der Waals surface area (Å²) in [7, 11) is 0. The summed E-state index contributed by atoms with van der Waals surface area (Å²) in [5, 5.41) is 3.61. The van der Waals surface area contributed by atoms with E-state index < -0.39 is 0 Å². The van der Waals surface area contributed by atoms with Gasteiger partial charge in [-0.1, -0.05) is 20.8 Å². The Balaban J connectivity index is 1.76. The summed E-state index contributed by atoms with van der Waals surface area (Å²) < 4.78 is 0. The van der Waals surface area contributed by atoms with Crippen molar-refractivity contribution in [3.8, 4) is 0 Å². The van der Waals surface area contributed by atoms with Crippen molar-refractivity contribution in [2.45, 2.75) is 52.6 Å². The molecule has 1 aliphatic heterocycles. The van der Waals surface area contributed by atoms with E-state index in [-0.39, 0.29) is 0 Å². The van der Waals surface area contributed by atoms with E-state index in [1.54, 1.807) is 0 Å². The maximum atomic E-state index is 4.84. The number of hydrogen-bond donors (Lipinski definition) is 1. The molecule has 0 radical (unpaired) electrons. The molecule has 110 valence electrons. The van der Waals surface area contributed by atoms with Crippen molar-refractivity contribution in [3.63, 3.8) is 0 Å². The molecular weight excluding hydrogens is 246 g/mol. The molecule has 2 unspecified atom stereocenters. The minimum Gasteiger partial charge on any atom is -0.356 e. The summed E-state index contributed by atoms with van der Waals surface area (Å²) in [5.74, 6) is 2.73. The quantitative estimate of drug-likeness (QED) is 0.894. The van der Waals surface area contributed by atoms with Gasteiger partial charge in [-0.05, 0) is 48.8 Å². The largest absolute Gasteiger partial charge is 0.356 e. The Hall–Kier alpha value is -1.09. The number of pyridine rings is 1. The van der Waals surface area contributed by atoms with Gasteiger partial charge in [-0.2, -0.15) is 0 Å². The Morgan fingerprint density at radius 1 is 1.20 bits per heavy atom. The predicted molar refractivity (Wildman–Crippen MR) is 84.0 cm³/mol. The zero-order valence-corrected chi connectivity index (χ0v) is 13.0. The van der Waals surface area contributed by atoms with Crippen LogP contribution < -0.4 is 10.2 Å². The first-order valence-electron chi connectivity index (χ1n) is 8.14. The van der Waals surface area contributed by atoms with Crippen molar-refractivity contribution in [1.29, 1.82) is 0 Å². The normalized spacial score (nSPS) is 26.2. The van der Waals surface area contributed by atoms with Crippen LogP contribution in [0.1, 0.15) is 44.9 Å². The number of nitrogens with one attached hydrogen (secondary N) is 1. The van der Waals surface area contributed by atoms with Gasteiger partial charge in [0.15, 0.2) is 0 Å². The van der Waals surface area contributed by atoms with Gasteiger partial charge in [0, 0.05) is 31.4 Å². The van der Waals surface area contributed by atoms with Gasteiger partial charge in [-0.15, -0.1) is 0 Å². The van der Waals surface area contributed by atoms with E-state index in [1.165, 1.54) is 29.9 Å². The number of anilines is 1. The number of hydrogen-bond acceptors (Lipinski definition) is 3. The first-order chi connectivity index (χ1) is 9.65. The van der Waals surface area contributed by atoms with Crippen molar-refractivity contribution >= 4 is 5.82 Å². The van der Waals surface area contributed by atoms with Gasteiger partial charge < -0.3 is 10.2 Å². The lowest BCUT2D eigenvalue weighted by Crippen LogP contribution is -2.22. The molecule has 0 amide bonds. The van der Waals surface area contributed by atoms with Gasteiger partial charge in [0.25, 0.3) is 0 Å². The minimum absolute atomic E-state index is 0.767. The molecule has 0 aromatic carbocycles. The fourth-order valence-corrected chi connectivity index (χ4v) is 2.94. The number of aromatic nitrogens is 1. The van der Waals surface area contributed by atoms with Gasteiger partial charge in [0.05, 0.1) is 0 Å². The molecule has 1 saturated heterocycles. The maximum absolute atomic E-state index is 4.84. The molecule has 2 aliphatic rings. The van der Waals surface area contributed by atoms with Gasteiger partial charge in [-0.3, -0.25) is 0 Å². The Kier molecular flexibility index (Phi) is 3.97. The molecule has 1 aromatic heterocycles. The van der Waals surface area contributed by atoms with Crippen molar-refractivity contribution in [1.82, 2.24) is 10.3 Å². The minimum atomic E-state index is 0.767. The lowest BCUT2D eigenvalue weighted by atomic mass is 10.0. The summed E-state index contributed by atoms with van der Waals surface area (Å²) in [5.41, 5.74) is 2.62. The Labute approximate surface area is 122 Å². The topological polar surface area (TPSA) is 28.2 Å². The van der Waals surface area contributed by atoms with Crippen molar-refractivity contribution in [2.75, 3.05) is 18.0 Å². The summed E-state index contributed by atoms with van der Waals surface area (Å²) in [6, 6.07) is 5.32. The fourth-order valence-electron chi connectivity index (χ4n) is 2.94. The molecule has 2 heterocycles. The lowest BCUT2D eigenvalue weighted by Gasteiger charge is -2.19. The molecule has 0 bridgehead atoms. The van der Waals surface area contributed by atoms with Crippen LogP contribution in [0.5, 0.6) is 0 Å². The monoisotopic (exact) mass is 273 g/mol. The SMILES string of the molecule is CCc1cc(CNC2CC2)cc(N2CC(C)C(C)C2)n1. The Morgan fingerprint density at radius 2 is 1.90 bits per heavy atom. The molecule has 3 rings (SSSR count). The third kappa shape index (κ3) is 3.14. The molecule has 1 saturated carbocycles. The average Bonchev–Trinajstić information content (AvgIpc) is 3.22. The van der Waals surface area contributed by atoms with Crippen LogP contribution in [0, 0.1) is 11.8 Å². The highest BCUT2D eigenvalue weighted by atomic mass is 15.2. The van der Waals surface area contributed by atoms with Crippen LogP contribution in [-0.2, 0) is 13.0 Å². The highest BCUT2D eigenvalue weighted by Gasteiger charge is 2.27. The van der Waals surface area contributed by atoms with Crippen LogP contribution in [0.2, 0.25) is 0 Å². The van der Waals surface area contributed by atoms with Crippen LogP contribution in [0.25, 0.3) is 0 Å². The summed E-state index contributed by atoms with van der Waals surface area (Å²) in [6.45, 7) is 10.2. The third-order valence-corrected chi connectivity index (χ3v) is 4.77. The summed E-state index contributed by atoms with van der Waals surface area (Å²) in [4.78, 5) is 7.31. The molecule has 2 atom stereocenters. The third-order valence-electron chi connectivity index (χ3n) is 4.77. The highest BCUT2D eigenvalue weighted by molar-refractivity contribution is 5.44. The molecule has 0 spiro atoms. The van der Waals surface area contributed by atoms with E-state index in [0.717, 1.165) is 43.9 Å². The van der Waals surface area contributed by atoms with E-state index in [9.17, 15) is 0 Å². The van der Waals surface area contributed by atoms with E-state index in [0.29, 0.717) is 0 Å². The first kappa shape index (κ1) is 13.9. The van der Waals surface area contributed by atoms with Gasteiger partial charge in [0.2, 0.25) is 0 Å². The molecule has 1 N–H and O–H groups in total. The number of aryl methyl sites for hydroxylation is 1. The van der Waals surface area contributed by atoms with Gasteiger partial charge in [-0.25, -0.2) is 4.98 Å². The van der Waals surface area contributed by atoms with Crippen LogP contribution in [0.15, 0.2) is 12.1 Å². The second-order valence-electron chi connectivity index (χ2n) is 6.69. The summed E-state index contributed by atoms with van der Waals surface area (Å²) >= 11 is 0. The molecule has 1 aliphatic carbocycles. The van der Waals surface area contributed by atoms with Crippen LogP contribution in [0.4, 0.5) is 5.82 Å². The van der Waals surface area contributed by atoms with E-state index in [1.807, 2.05) is 0 Å². The van der Waals surface area contributed by atoms with E-state index in [4.69, 9.17) is 4.98 Å². The number of rotatable bonds is 5. The maximum Gasteiger partial charge on any atom is 0.129 e. The van der Waals surface area contributed by atoms with Crippen LogP contribution in [0.3, 0.4) is 0 Å². The van der Waals surface area contributed by atoms with Crippen molar-refractivity contribution in [3.05, 3.63) is 23.4 Å². The van der Waals surface area contributed by atoms with Crippen molar-refractivity contribution < 1.29 is 0 Å². The fraction of sp³-hybridized carbons (Fsp3) is 0.706. The first-order valence-corrected chi connectivity index (χ1v) is 8.14. The lowest BCUT2D eigenvalue weighted by molar-refractivity contribution is 0.494. The highest BCUT2D eigenvalue weighted by Crippen LogP contribution is 2.27. The zero-order valence-electron chi connectivity index (χ0n) is 13.0. The van der Waals surface area contributed by atoms with Gasteiger partial charge >= 0.3 is 0 Å². The molecular formula is C17H27N3. The Morgan fingerprint density at radius 3 is 2.50 bits per heavy atom. The van der Waals surface area contributed by atoms with Gasteiger partial charge in [0.1, 0.15) is 5.82 Å². The standard InChI is InChI=1S/C17H27N3/c1-4-15-7-14(9-18-16-5-6-16)8-17(19-15)20-10-12(2)13(3)11-20/h7-8,12-13,16,18H,4-6,9-11H2,1-3H3. The molecule has 1 aromatic rings. The summed E-state index contributed by atoms with van der Waals surface area (Å²) in [6.07, 6.45) is 3.71. The van der Waals surface area contributed by atoms with E-state index in [2.05, 4.69) is 43.1 Å².